The van der Waals surface area contributed by atoms with E-state index in [1.54, 1.807) is 7.11 Å². The Balaban J connectivity index is 2.21. The third kappa shape index (κ3) is 3.34. The van der Waals surface area contributed by atoms with Crippen molar-refractivity contribution in [1.82, 2.24) is 0 Å². The average molecular weight is 334 g/mol. The second-order valence-corrected chi connectivity index (χ2v) is 5.93. The van der Waals surface area contributed by atoms with E-state index in [1.165, 1.54) is 16.7 Å². The zero-order chi connectivity index (χ0) is 14.7. The van der Waals surface area contributed by atoms with Crippen molar-refractivity contribution in [2.45, 2.75) is 26.8 Å². The summed E-state index contributed by atoms with van der Waals surface area (Å²) in [6, 6.07) is 12.9. The summed E-state index contributed by atoms with van der Waals surface area (Å²) >= 11 is 3.51. The molecule has 106 valence electrons. The van der Waals surface area contributed by atoms with Gasteiger partial charge < -0.3 is 10.1 Å². The van der Waals surface area contributed by atoms with Crippen LogP contribution in [0.5, 0.6) is 5.75 Å². The summed E-state index contributed by atoms with van der Waals surface area (Å²) < 4.78 is 6.21. The van der Waals surface area contributed by atoms with Crippen LogP contribution in [0.2, 0.25) is 0 Å². The van der Waals surface area contributed by atoms with Crippen LogP contribution in [0.1, 0.15) is 29.7 Å². The molecule has 0 fully saturated rings. The Morgan fingerprint density at radius 1 is 1.10 bits per heavy atom. The zero-order valence-electron chi connectivity index (χ0n) is 12.3. The molecule has 0 aliphatic heterocycles. The highest BCUT2D eigenvalue weighted by Crippen LogP contribution is 2.30. The predicted molar refractivity (Wildman–Crippen MR) is 88.6 cm³/mol. The minimum Gasteiger partial charge on any atom is -0.496 e. The number of ether oxygens (including phenoxy) is 1. The smallest absolute Gasteiger partial charge is 0.133 e. The first kappa shape index (κ1) is 14.9. The van der Waals surface area contributed by atoms with Gasteiger partial charge in [-0.05, 0) is 66.0 Å². The van der Waals surface area contributed by atoms with Crippen molar-refractivity contribution in [2.24, 2.45) is 0 Å². The van der Waals surface area contributed by atoms with E-state index in [0.717, 1.165) is 15.9 Å². The molecule has 2 aromatic carbocycles. The van der Waals surface area contributed by atoms with Crippen LogP contribution < -0.4 is 10.1 Å². The Morgan fingerprint density at radius 3 is 2.50 bits per heavy atom. The van der Waals surface area contributed by atoms with Gasteiger partial charge in [-0.25, -0.2) is 0 Å². The number of hydrogen-bond acceptors (Lipinski definition) is 2. The zero-order valence-corrected chi connectivity index (χ0v) is 13.9. The second kappa shape index (κ2) is 6.31. The average Bonchev–Trinajstić information content (AvgIpc) is 2.41. The number of nitrogens with one attached hydrogen (secondary N) is 1. The fourth-order valence-electron chi connectivity index (χ4n) is 2.31. The van der Waals surface area contributed by atoms with Crippen molar-refractivity contribution >= 4 is 21.6 Å². The van der Waals surface area contributed by atoms with E-state index in [9.17, 15) is 0 Å². The Labute approximate surface area is 129 Å². The molecule has 0 bridgehead atoms. The number of hydrogen-bond donors (Lipinski definition) is 1. The van der Waals surface area contributed by atoms with Crippen molar-refractivity contribution in [3.8, 4) is 5.75 Å². The normalized spacial score (nSPS) is 12.1. The molecule has 2 aromatic rings. The van der Waals surface area contributed by atoms with Gasteiger partial charge in [-0.15, -0.1) is 0 Å². The molecule has 1 N–H and O–H groups in total. The highest BCUT2D eigenvalue weighted by atomic mass is 79.9. The van der Waals surface area contributed by atoms with Gasteiger partial charge in [-0.3, -0.25) is 0 Å². The molecule has 0 aromatic heterocycles. The van der Waals surface area contributed by atoms with E-state index in [2.05, 4.69) is 60.2 Å². The van der Waals surface area contributed by atoms with Crippen LogP contribution in [0.25, 0.3) is 0 Å². The van der Waals surface area contributed by atoms with Gasteiger partial charge in [0.05, 0.1) is 11.6 Å². The van der Waals surface area contributed by atoms with E-state index in [1.807, 2.05) is 18.2 Å². The van der Waals surface area contributed by atoms with Crippen LogP contribution in [0.4, 0.5) is 5.69 Å². The standard InChI is InChI=1S/C17H20BrNO/c1-11-5-6-12(2)15(9-11)13(3)19-14-7-8-17(20-4)16(18)10-14/h5-10,13,19H,1-4H3. The summed E-state index contributed by atoms with van der Waals surface area (Å²) in [6.45, 7) is 6.45. The van der Waals surface area contributed by atoms with E-state index >= 15 is 0 Å². The van der Waals surface area contributed by atoms with Crippen LogP contribution in [0.3, 0.4) is 0 Å². The summed E-state index contributed by atoms with van der Waals surface area (Å²) in [5.74, 6) is 0.843. The number of anilines is 1. The molecule has 1 atom stereocenters. The maximum Gasteiger partial charge on any atom is 0.133 e. The highest BCUT2D eigenvalue weighted by Gasteiger charge is 2.09. The molecule has 3 heteroatoms. The Kier molecular flexibility index (Phi) is 4.71. The number of methoxy groups -OCH3 is 1. The van der Waals surface area contributed by atoms with Crippen molar-refractivity contribution < 1.29 is 4.74 Å². The largest absolute Gasteiger partial charge is 0.496 e. The van der Waals surface area contributed by atoms with E-state index in [-0.39, 0.29) is 6.04 Å². The molecule has 0 radical (unpaired) electrons. The summed E-state index contributed by atoms with van der Waals surface area (Å²) in [6.07, 6.45) is 0. The molecule has 0 saturated carbocycles. The maximum atomic E-state index is 5.25. The van der Waals surface area contributed by atoms with Gasteiger partial charge in [0.15, 0.2) is 0 Å². The third-order valence-corrected chi connectivity index (χ3v) is 4.06. The lowest BCUT2D eigenvalue weighted by molar-refractivity contribution is 0.412. The summed E-state index contributed by atoms with van der Waals surface area (Å²) in [7, 11) is 1.67. The first-order valence-corrected chi connectivity index (χ1v) is 7.48. The SMILES string of the molecule is COc1ccc(NC(C)c2cc(C)ccc2C)cc1Br. The molecule has 0 amide bonds. The maximum absolute atomic E-state index is 5.25. The van der Waals surface area contributed by atoms with Gasteiger partial charge in [-0.2, -0.15) is 0 Å². The molecule has 0 aliphatic rings. The molecular weight excluding hydrogens is 314 g/mol. The Morgan fingerprint density at radius 2 is 1.85 bits per heavy atom. The van der Waals surface area contributed by atoms with Crippen LogP contribution >= 0.6 is 15.9 Å². The molecule has 2 rings (SSSR count). The monoisotopic (exact) mass is 333 g/mol. The van der Waals surface area contributed by atoms with Crippen LogP contribution in [-0.2, 0) is 0 Å². The molecule has 0 saturated heterocycles. The number of aryl methyl sites for hydroxylation is 2. The molecule has 2 nitrogen and oxygen atoms in total. The van der Waals surface area contributed by atoms with Gasteiger partial charge in [-0.1, -0.05) is 23.8 Å². The van der Waals surface area contributed by atoms with Crippen LogP contribution in [0.15, 0.2) is 40.9 Å². The van der Waals surface area contributed by atoms with Gasteiger partial charge >= 0.3 is 0 Å². The molecule has 0 heterocycles. The van der Waals surface area contributed by atoms with Crippen molar-refractivity contribution in [3.05, 3.63) is 57.6 Å². The molecule has 0 spiro atoms. The van der Waals surface area contributed by atoms with E-state index in [4.69, 9.17) is 4.74 Å². The molecule has 0 aliphatic carbocycles. The topological polar surface area (TPSA) is 21.3 Å². The van der Waals surface area contributed by atoms with E-state index < -0.39 is 0 Å². The molecular formula is C17H20BrNO. The fraction of sp³-hybridized carbons (Fsp3) is 0.294. The highest BCUT2D eigenvalue weighted by molar-refractivity contribution is 9.10. The minimum absolute atomic E-state index is 0.259. The van der Waals surface area contributed by atoms with Crippen LogP contribution in [-0.4, -0.2) is 7.11 Å². The van der Waals surface area contributed by atoms with Crippen molar-refractivity contribution in [2.75, 3.05) is 12.4 Å². The summed E-state index contributed by atoms with van der Waals surface area (Å²) in [5, 5.41) is 3.53. The van der Waals surface area contributed by atoms with E-state index in [0.29, 0.717) is 0 Å². The number of rotatable bonds is 4. The summed E-state index contributed by atoms with van der Waals surface area (Å²) in [4.78, 5) is 0. The Bertz CT molecular complexity index is 610. The van der Waals surface area contributed by atoms with Gasteiger partial charge in [0.1, 0.15) is 5.75 Å². The van der Waals surface area contributed by atoms with Gasteiger partial charge in [0, 0.05) is 11.7 Å². The fourth-order valence-corrected chi connectivity index (χ4v) is 2.85. The van der Waals surface area contributed by atoms with Crippen LogP contribution in [0, 0.1) is 13.8 Å². The van der Waals surface area contributed by atoms with Gasteiger partial charge in [0.25, 0.3) is 0 Å². The van der Waals surface area contributed by atoms with Gasteiger partial charge in [0.2, 0.25) is 0 Å². The molecule has 20 heavy (non-hydrogen) atoms. The predicted octanol–water partition coefficient (Wildman–Crippen LogP) is 5.25. The first-order valence-electron chi connectivity index (χ1n) is 6.68. The Hall–Kier alpha value is -1.48. The number of halogens is 1. The number of benzene rings is 2. The minimum atomic E-state index is 0.259. The lowest BCUT2D eigenvalue weighted by Crippen LogP contribution is -2.08. The molecule has 1 unspecified atom stereocenters. The lowest BCUT2D eigenvalue weighted by Gasteiger charge is -2.19. The third-order valence-electron chi connectivity index (χ3n) is 3.44. The lowest BCUT2D eigenvalue weighted by atomic mass is 10.00. The summed E-state index contributed by atoms with van der Waals surface area (Å²) in [5.41, 5.74) is 5.00. The van der Waals surface area contributed by atoms with Crippen molar-refractivity contribution in [3.63, 3.8) is 0 Å². The second-order valence-electron chi connectivity index (χ2n) is 5.08. The quantitative estimate of drug-likeness (QED) is 0.825. The first-order chi connectivity index (χ1) is 9.51. The van der Waals surface area contributed by atoms with Crippen molar-refractivity contribution in [1.29, 1.82) is 0 Å².